The van der Waals surface area contributed by atoms with Gasteiger partial charge in [-0.15, -0.1) is 5.10 Å². The number of hydrogen-bond donors (Lipinski definition) is 1. The highest BCUT2D eigenvalue weighted by Crippen LogP contribution is 2.03. The summed E-state index contributed by atoms with van der Waals surface area (Å²) in [7, 11) is -4.98. The molecule has 2 aromatic rings. The minimum atomic E-state index is -4.98. The lowest BCUT2D eigenvalue weighted by Crippen LogP contribution is -2.30. The second kappa shape index (κ2) is 10.4. The summed E-state index contributed by atoms with van der Waals surface area (Å²) in [5.41, 5.74) is 0. The molecule has 0 atom stereocenters. The molecule has 2 aromatic heterocycles. The number of halogens is 2. The lowest BCUT2D eigenvalue weighted by Gasteiger charge is -1.86. The average Bonchev–Trinajstić information content (AvgIpc) is 2.89. The molecule has 0 fully saturated rings. The largest absolute Gasteiger partial charge is 0.370 e. The Morgan fingerprint density at radius 2 is 1.86 bits per heavy atom. The lowest BCUT2D eigenvalue weighted by molar-refractivity contribution is -0.687. The maximum atomic E-state index is 11.8. The highest BCUT2D eigenvalue weighted by Gasteiger charge is 2.18. The highest BCUT2D eigenvalue weighted by molar-refractivity contribution is 7.86. The Hall–Kier alpha value is -2.34. The van der Waals surface area contributed by atoms with Gasteiger partial charge >= 0.3 is 33.0 Å². The molecule has 2 heterocycles. The average molecular weight is 353 g/mol. The molecule has 12 heteroatoms. The first-order chi connectivity index (χ1) is 10.3. The quantitative estimate of drug-likeness (QED) is 0.475. The van der Waals surface area contributed by atoms with Crippen molar-refractivity contribution in [2.75, 3.05) is 0 Å². The number of aromatic nitrogens is 4. The Labute approximate surface area is 128 Å². The van der Waals surface area contributed by atoms with Crippen LogP contribution >= 0.6 is 0 Å². The van der Waals surface area contributed by atoms with Crippen LogP contribution in [0.5, 0.6) is 0 Å². The van der Waals surface area contributed by atoms with Crippen LogP contribution in [0.1, 0.15) is 0 Å². The van der Waals surface area contributed by atoms with E-state index in [1.165, 1.54) is 5.10 Å². The Morgan fingerprint density at radius 1 is 1.32 bits per heavy atom. The molecule has 0 aliphatic heterocycles. The molecule has 2 rings (SSSR count). The van der Waals surface area contributed by atoms with Gasteiger partial charge < -0.3 is 0 Å². The van der Waals surface area contributed by atoms with E-state index in [0.717, 1.165) is 6.54 Å². The molecule has 0 amide bonds. The summed E-state index contributed by atoms with van der Waals surface area (Å²) in [6, 6.07) is 6.01. The van der Waals surface area contributed by atoms with Crippen molar-refractivity contribution in [2.45, 2.75) is 11.7 Å². The standard InChI is InChI=1S/C8H10N.C2HF2N3O2S.O2S/c1-2-6-9-7-4-3-5-8-9;3-1-5-2(7-6-1)10(4,8)9;1-3-2/h2-5,7-8H,1,6H2;(H,5,6,7);/q+1;;. The van der Waals surface area contributed by atoms with Gasteiger partial charge in [0, 0.05) is 12.1 Å². The van der Waals surface area contributed by atoms with Crippen LogP contribution in [-0.4, -0.2) is 32.0 Å². The normalized spacial score (nSPS) is 9.55. The molecule has 0 unspecified atom stereocenters. The zero-order valence-corrected chi connectivity index (χ0v) is 12.6. The molecule has 0 aliphatic rings. The zero-order valence-electron chi connectivity index (χ0n) is 10.9. The van der Waals surface area contributed by atoms with E-state index >= 15 is 0 Å². The Kier molecular flexibility index (Phi) is 9.29. The number of rotatable bonds is 3. The molecule has 0 saturated heterocycles. The molecule has 8 nitrogen and oxygen atoms in total. The number of pyridine rings is 1. The van der Waals surface area contributed by atoms with Gasteiger partial charge in [-0.2, -0.15) is 26.2 Å². The van der Waals surface area contributed by atoms with Gasteiger partial charge in [-0.3, -0.25) is 0 Å². The molecule has 120 valence electrons. The van der Waals surface area contributed by atoms with Gasteiger partial charge in [0.05, 0.1) is 0 Å². The van der Waals surface area contributed by atoms with Crippen LogP contribution in [0.2, 0.25) is 0 Å². The Morgan fingerprint density at radius 3 is 2.18 bits per heavy atom. The topological polar surface area (TPSA) is 114 Å². The monoisotopic (exact) mass is 353 g/mol. The minimum Gasteiger partial charge on any atom is -0.234 e. The fourth-order valence-electron chi connectivity index (χ4n) is 1.04. The smallest absolute Gasteiger partial charge is 0.234 e. The van der Waals surface area contributed by atoms with E-state index < -0.39 is 33.0 Å². The van der Waals surface area contributed by atoms with Crippen LogP contribution in [0.15, 0.2) is 48.4 Å². The second-order valence-corrected chi connectivity index (χ2v) is 4.65. The molecule has 0 spiro atoms. The van der Waals surface area contributed by atoms with Crippen molar-refractivity contribution in [1.29, 1.82) is 0 Å². The Balaban J connectivity index is 0.000000342. The maximum absolute atomic E-state index is 11.8. The van der Waals surface area contributed by atoms with Gasteiger partial charge in [0.2, 0.25) is 0 Å². The molecular weight excluding hydrogens is 342 g/mol. The molecule has 1 N–H and O–H groups in total. The third-order valence-corrected chi connectivity index (χ3v) is 2.39. The molecule has 0 saturated carbocycles. The summed E-state index contributed by atoms with van der Waals surface area (Å²) >= 11 is -0.750. The first-order valence-corrected chi connectivity index (χ1v) is 7.39. The van der Waals surface area contributed by atoms with Crippen LogP contribution in [0.25, 0.3) is 0 Å². The third kappa shape index (κ3) is 8.76. The van der Waals surface area contributed by atoms with Crippen LogP contribution in [0.4, 0.5) is 8.28 Å². The third-order valence-electron chi connectivity index (χ3n) is 1.77. The molecule has 0 aromatic carbocycles. The minimum absolute atomic E-state index is 0.750. The van der Waals surface area contributed by atoms with Gasteiger partial charge in [0.15, 0.2) is 18.9 Å². The van der Waals surface area contributed by atoms with Crippen molar-refractivity contribution in [1.82, 2.24) is 15.2 Å². The van der Waals surface area contributed by atoms with E-state index in [1.54, 1.807) is 0 Å². The summed E-state index contributed by atoms with van der Waals surface area (Å²) in [6.07, 6.45) is 4.67. The predicted molar refractivity (Wildman–Crippen MR) is 70.4 cm³/mol. The molecular formula is C10H11F2N4O4S2+. The van der Waals surface area contributed by atoms with E-state index in [0.29, 0.717) is 0 Å². The van der Waals surface area contributed by atoms with Crippen molar-refractivity contribution in [3.63, 3.8) is 0 Å². The Bertz CT molecular complexity index is 716. The number of nitrogens with zero attached hydrogens (tertiary/aromatic N) is 3. The molecule has 0 bridgehead atoms. The van der Waals surface area contributed by atoms with Gasteiger partial charge in [-0.25, -0.2) is 9.67 Å². The van der Waals surface area contributed by atoms with Crippen molar-refractivity contribution in [3.8, 4) is 0 Å². The van der Waals surface area contributed by atoms with Crippen molar-refractivity contribution < 1.29 is 29.7 Å². The number of nitrogens with one attached hydrogen (secondary N) is 1. The highest BCUT2D eigenvalue weighted by atomic mass is 32.3. The van der Waals surface area contributed by atoms with Crippen LogP contribution in [-0.2, 0) is 28.3 Å². The zero-order chi connectivity index (χ0) is 17.0. The van der Waals surface area contributed by atoms with E-state index in [-0.39, 0.29) is 0 Å². The summed E-state index contributed by atoms with van der Waals surface area (Å²) in [5.74, 6) is 0. The van der Waals surface area contributed by atoms with Crippen LogP contribution < -0.4 is 4.57 Å². The first kappa shape index (κ1) is 19.7. The van der Waals surface area contributed by atoms with Gasteiger partial charge in [-0.05, 0) is 6.08 Å². The van der Waals surface area contributed by atoms with Gasteiger partial charge in [0.25, 0.3) is 0 Å². The second-order valence-electron chi connectivity index (χ2n) is 3.28. The van der Waals surface area contributed by atoms with Gasteiger partial charge in [0.1, 0.15) is 0 Å². The summed E-state index contributed by atoms with van der Waals surface area (Å²) in [6.45, 7) is 4.52. The van der Waals surface area contributed by atoms with Crippen molar-refractivity contribution in [3.05, 3.63) is 49.3 Å². The summed E-state index contributed by atoms with van der Waals surface area (Å²) < 4.78 is 62.0. The molecule has 0 aliphatic carbocycles. The fourth-order valence-corrected chi connectivity index (χ4v) is 1.39. The summed E-state index contributed by atoms with van der Waals surface area (Å²) in [5, 5.41) is 3.05. The van der Waals surface area contributed by atoms with Gasteiger partial charge in [-0.1, -0.05) is 16.5 Å². The summed E-state index contributed by atoms with van der Waals surface area (Å²) in [4.78, 5) is 2.59. The van der Waals surface area contributed by atoms with Crippen LogP contribution in [0.3, 0.4) is 0 Å². The van der Waals surface area contributed by atoms with E-state index in [4.69, 9.17) is 8.42 Å². The SMILES string of the molecule is C=CC[n+]1ccccc1.O=S(=O)(F)c1n[nH]c(F)n1.O=S=O. The number of aromatic amines is 1. The lowest BCUT2D eigenvalue weighted by atomic mass is 10.5. The fraction of sp³-hybridized carbons (Fsp3) is 0.100. The van der Waals surface area contributed by atoms with E-state index in [9.17, 15) is 16.7 Å². The predicted octanol–water partition coefficient (Wildman–Crippen LogP) is 0.0919. The van der Waals surface area contributed by atoms with E-state index in [2.05, 4.69) is 21.2 Å². The number of hydrogen-bond acceptors (Lipinski definition) is 6. The van der Waals surface area contributed by atoms with E-state index in [1.807, 2.05) is 36.7 Å². The van der Waals surface area contributed by atoms with Crippen molar-refractivity contribution >= 4 is 21.8 Å². The molecule has 22 heavy (non-hydrogen) atoms. The van der Waals surface area contributed by atoms with Crippen molar-refractivity contribution in [2.24, 2.45) is 0 Å². The number of H-pyrrole nitrogens is 1. The first-order valence-electron chi connectivity index (χ1n) is 5.34. The van der Waals surface area contributed by atoms with Crippen LogP contribution in [0, 0.1) is 6.08 Å². The maximum Gasteiger partial charge on any atom is 0.370 e. The molecule has 0 radical (unpaired) electrons. The number of allylic oxidation sites excluding steroid dienone is 1.